The number of nitriles is 1. The van der Waals surface area contributed by atoms with E-state index in [1.807, 2.05) is 24.3 Å². The van der Waals surface area contributed by atoms with Gasteiger partial charge in [0.05, 0.1) is 6.07 Å². The number of amides is 1. The Hall–Kier alpha value is -2.72. The molecule has 1 saturated carbocycles. The number of carbonyl (C=O) groups excluding carboxylic acids is 2. The minimum absolute atomic E-state index is 0.178. The average molecular weight is 412 g/mol. The smallest absolute Gasteiger partial charge is 0.358 e. The highest BCUT2D eigenvalue weighted by molar-refractivity contribution is 7.13. The number of thiazole rings is 1. The highest BCUT2D eigenvalue weighted by Crippen LogP contribution is 2.28. The van der Waals surface area contributed by atoms with Gasteiger partial charge >= 0.3 is 5.97 Å². The molecule has 0 saturated heterocycles. The van der Waals surface area contributed by atoms with E-state index in [1.165, 1.54) is 23.8 Å². The Kier molecular flexibility index (Phi) is 6.65. The van der Waals surface area contributed by atoms with Crippen molar-refractivity contribution in [3.8, 4) is 16.6 Å². The molecule has 0 aliphatic heterocycles. The van der Waals surface area contributed by atoms with Crippen molar-refractivity contribution in [3.05, 3.63) is 40.9 Å². The summed E-state index contributed by atoms with van der Waals surface area (Å²) in [4.78, 5) is 29.2. The molecule has 1 atom stereocenters. The van der Waals surface area contributed by atoms with E-state index >= 15 is 0 Å². The van der Waals surface area contributed by atoms with Crippen LogP contribution < -0.4 is 5.32 Å². The zero-order valence-corrected chi connectivity index (χ0v) is 17.6. The summed E-state index contributed by atoms with van der Waals surface area (Å²) in [6.07, 6.45) is 4.10. The SMILES string of the molecule is CCc1ccc(-c2nc(C(=O)O[C@@H](C)C(=O)NC3(C#N)CCCCC3)cs2)cc1. The van der Waals surface area contributed by atoms with Crippen molar-refractivity contribution in [2.45, 2.75) is 64.0 Å². The minimum atomic E-state index is -0.997. The van der Waals surface area contributed by atoms with Gasteiger partial charge in [0.15, 0.2) is 11.8 Å². The first kappa shape index (κ1) is 21.0. The number of carbonyl (C=O) groups is 2. The Morgan fingerprint density at radius 1 is 1.28 bits per heavy atom. The highest BCUT2D eigenvalue weighted by Gasteiger charge is 2.35. The predicted molar refractivity (Wildman–Crippen MR) is 111 cm³/mol. The molecule has 0 bridgehead atoms. The summed E-state index contributed by atoms with van der Waals surface area (Å²) in [6, 6.07) is 10.3. The zero-order valence-electron chi connectivity index (χ0n) is 16.7. The Morgan fingerprint density at radius 2 is 1.97 bits per heavy atom. The Morgan fingerprint density at radius 3 is 2.59 bits per heavy atom. The van der Waals surface area contributed by atoms with Crippen LogP contribution in [-0.4, -0.2) is 28.5 Å². The lowest BCUT2D eigenvalue weighted by molar-refractivity contribution is -0.130. The molecule has 1 aromatic heterocycles. The minimum Gasteiger partial charge on any atom is -0.448 e. The van der Waals surface area contributed by atoms with E-state index < -0.39 is 23.5 Å². The van der Waals surface area contributed by atoms with Gasteiger partial charge in [-0.05, 0) is 31.7 Å². The third-order valence-corrected chi connectivity index (χ3v) is 6.15. The van der Waals surface area contributed by atoms with Crippen LogP contribution >= 0.6 is 11.3 Å². The number of rotatable bonds is 6. The lowest BCUT2D eigenvalue weighted by Gasteiger charge is -2.32. The van der Waals surface area contributed by atoms with Gasteiger partial charge in [-0.25, -0.2) is 9.78 Å². The number of nitrogens with one attached hydrogen (secondary N) is 1. The maximum atomic E-state index is 12.5. The first-order chi connectivity index (χ1) is 14.0. The van der Waals surface area contributed by atoms with Crippen LogP contribution in [0.5, 0.6) is 0 Å². The van der Waals surface area contributed by atoms with E-state index in [1.54, 1.807) is 5.38 Å². The molecule has 1 fully saturated rings. The lowest BCUT2D eigenvalue weighted by atomic mass is 9.83. The third kappa shape index (κ3) is 5.01. The number of hydrogen-bond acceptors (Lipinski definition) is 6. The predicted octanol–water partition coefficient (Wildman–Crippen LogP) is 4.26. The largest absolute Gasteiger partial charge is 0.448 e. The first-order valence-electron chi connectivity index (χ1n) is 9.95. The molecule has 0 spiro atoms. The second-order valence-corrected chi connectivity index (χ2v) is 8.24. The van der Waals surface area contributed by atoms with Crippen molar-refractivity contribution in [1.82, 2.24) is 10.3 Å². The van der Waals surface area contributed by atoms with Gasteiger partial charge in [0.25, 0.3) is 5.91 Å². The van der Waals surface area contributed by atoms with Crippen molar-refractivity contribution in [3.63, 3.8) is 0 Å². The van der Waals surface area contributed by atoms with E-state index in [4.69, 9.17) is 4.74 Å². The van der Waals surface area contributed by atoms with Gasteiger partial charge in [-0.15, -0.1) is 11.3 Å². The van der Waals surface area contributed by atoms with Gasteiger partial charge in [0, 0.05) is 10.9 Å². The maximum Gasteiger partial charge on any atom is 0.358 e. The fourth-order valence-corrected chi connectivity index (χ4v) is 4.21. The van der Waals surface area contributed by atoms with Crippen LogP contribution in [-0.2, 0) is 16.0 Å². The molecule has 1 aliphatic rings. The van der Waals surface area contributed by atoms with E-state index in [-0.39, 0.29) is 5.69 Å². The number of esters is 1. The number of nitrogens with zero attached hydrogens (tertiary/aromatic N) is 2. The quantitative estimate of drug-likeness (QED) is 0.717. The molecule has 152 valence electrons. The van der Waals surface area contributed by atoms with E-state index in [9.17, 15) is 14.9 Å². The summed E-state index contributed by atoms with van der Waals surface area (Å²) >= 11 is 1.36. The van der Waals surface area contributed by atoms with Crippen LogP contribution in [0.2, 0.25) is 0 Å². The Bertz CT molecular complexity index is 908. The van der Waals surface area contributed by atoms with Gasteiger partial charge in [0.1, 0.15) is 10.5 Å². The van der Waals surface area contributed by atoms with Gasteiger partial charge < -0.3 is 10.1 Å². The molecular weight excluding hydrogens is 386 g/mol. The summed E-state index contributed by atoms with van der Waals surface area (Å²) in [5, 5.41) is 14.6. The van der Waals surface area contributed by atoms with Crippen molar-refractivity contribution in [1.29, 1.82) is 5.26 Å². The molecule has 1 heterocycles. The second-order valence-electron chi connectivity index (χ2n) is 7.38. The number of hydrogen-bond donors (Lipinski definition) is 1. The van der Waals surface area contributed by atoms with Crippen molar-refractivity contribution in [2.24, 2.45) is 0 Å². The number of aromatic nitrogens is 1. The lowest BCUT2D eigenvalue weighted by Crippen LogP contribution is -2.52. The molecule has 0 radical (unpaired) electrons. The van der Waals surface area contributed by atoms with Crippen molar-refractivity contribution in [2.75, 3.05) is 0 Å². The third-order valence-electron chi connectivity index (χ3n) is 5.26. The average Bonchev–Trinajstić information content (AvgIpc) is 3.25. The molecule has 29 heavy (non-hydrogen) atoms. The summed E-state index contributed by atoms with van der Waals surface area (Å²) in [7, 11) is 0. The van der Waals surface area contributed by atoms with E-state index in [0.29, 0.717) is 12.8 Å². The first-order valence-corrected chi connectivity index (χ1v) is 10.8. The summed E-state index contributed by atoms with van der Waals surface area (Å²) in [5.74, 6) is -1.10. The molecule has 1 amide bonds. The second kappa shape index (κ2) is 9.19. The molecule has 1 aliphatic carbocycles. The molecule has 7 heteroatoms. The van der Waals surface area contributed by atoms with Crippen LogP contribution in [0.3, 0.4) is 0 Å². The summed E-state index contributed by atoms with van der Waals surface area (Å²) in [6.45, 7) is 3.61. The molecule has 2 aromatic rings. The Balaban J connectivity index is 1.61. The standard InChI is InChI=1S/C22H25N3O3S/c1-3-16-7-9-17(10-8-16)20-24-18(13-29-20)21(27)28-15(2)19(26)25-22(14-23)11-5-4-6-12-22/h7-10,13,15H,3-6,11-12H2,1-2H3,(H,25,26)/t15-/m0/s1. The van der Waals surface area contributed by atoms with Gasteiger partial charge in [-0.3, -0.25) is 4.79 Å². The fraction of sp³-hybridized carbons (Fsp3) is 0.455. The number of aryl methyl sites for hydroxylation is 1. The van der Waals surface area contributed by atoms with Crippen LogP contribution in [0.25, 0.3) is 10.6 Å². The number of ether oxygens (including phenoxy) is 1. The number of benzene rings is 1. The molecule has 1 N–H and O–H groups in total. The molecule has 6 nitrogen and oxygen atoms in total. The van der Waals surface area contributed by atoms with Crippen LogP contribution in [0.4, 0.5) is 0 Å². The van der Waals surface area contributed by atoms with E-state index in [2.05, 4.69) is 23.3 Å². The topological polar surface area (TPSA) is 92.1 Å². The summed E-state index contributed by atoms with van der Waals surface area (Å²) < 4.78 is 5.30. The molecule has 1 aromatic carbocycles. The zero-order chi connectivity index (χ0) is 20.9. The molecular formula is C22H25N3O3S. The van der Waals surface area contributed by atoms with Crippen molar-refractivity contribution < 1.29 is 14.3 Å². The van der Waals surface area contributed by atoms with Crippen molar-refractivity contribution >= 4 is 23.2 Å². The van der Waals surface area contributed by atoms with Crippen LogP contribution in [0.15, 0.2) is 29.6 Å². The molecule has 3 rings (SSSR count). The highest BCUT2D eigenvalue weighted by atomic mass is 32.1. The van der Waals surface area contributed by atoms with Gasteiger partial charge in [0.2, 0.25) is 0 Å². The van der Waals surface area contributed by atoms with Gasteiger partial charge in [-0.2, -0.15) is 5.26 Å². The summed E-state index contributed by atoms with van der Waals surface area (Å²) in [5.41, 5.74) is 1.49. The normalized spacial score (nSPS) is 16.4. The molecule has 0 unspecified atom stereocenters. The van der Waals surface area contributed by atoms with Crippen LogP contribution in [0, 0.1) is 11.3 Å². The fourth-order valence-electron chi connectivity index (χ4n) is 3.42. The Labute approximate surface area is 174 Å². The maximum absolute atomic E-state index is 12.5. The van der Waals surface area contributed by atoms with Gasteiger partial charge in [-0.1, -0.05) is 50.5 Å². The van der Waals surface area contributed by atoms with E-state index in [0.717, 1.165) is 36.3 Å². The monoisotopic (exact) mass is 411 g/mol. The van der Waals surface area contributed by atoms with Crippen LogP contribution in [0.1, 0.15) is 62.0 Å².